The molecule has 4 heteroatoms. The van der Waals surface area contributed by atoms with Gasteiger partial charge in [0.15, 0.2) is 17.5 Å². The van der Waals surface area contributed by atoms with E-state index in [4.69, 9.17) is 23.1 Å². The predicted molar refractivity (Wildman–Crippen MR) is 200 cm³/mol. The van der Waals surface area contributed by atoms with Crippen molar-refractivity contribution in [2.24, 2.45) is 0 Å². The summed E-state index contributed by atoms with van der Waals surface area (Å²) in [5.41, 5.74) is -0.215. The molecule has 9 rings (SSSR count). The minimum atomic E-state index is -0.744. The van der Waals surface area contributed by atoms with Gasteiger partial charge in [-0.05, 0) is 39.9 Å². The van der Waals surface area contributed by atoms with Crippen LogP contribution in [0.25, 0.3) is 89.5 Å². The van der Waals surface area contributed by atoms with E-state index >= 15 is 0 Å². The molecule has 49 heavy (non-hydrogen) atoms. The Bertz CT molecular complexity index is 3380. The van der Waals surface area contributed by atoms with Crippen molar-refractivity contribution in [2.45, 2.75) is 0 Å². The molecule has 0 aliphatic heterocycles. The van der Waals surface area contributed by atoms with Gasteiger partial charge >= 0.3 is 0 Å². The van der Waals surface area contributed by atoms with Gasteiger partial charge in [0.2, 0.25) is 0 Å². The van der Waals surface area contributed by atoms with Crippen molar-refractivity contribution in [3.8, 4) is 67.5 Å². The van der Waals surface area contributed by atoms with Crippen LogP contribution in [-0.2, 0) is 0 Å². The van der Waals surface area contributed by atoms with Gasteiger partial charge in [0.1, 0.15) is 11.2 Å². The van der Waals surface area contributed by atoms with Crippen LogP contribution in [0.5, 0.6) is 0 Å². The largest absolute Gasteiger partial charge is 0.455 e. The summed E-state index contributed by atoms with van der Waals surface area (Å²) in [6.45, 7) is 0. The smallest absolute Gasteiger partial charge is 0.164 e. The molecule has 9 aromatic rings. The Balaban J connectivity index is 1.26. The highest BCUT2D eigenvalue weighted by molar-refractivity contribution is 6.10. The summed E-state index contributed by atoms with van der Waals surface area (Å²) in [6.07, 6.45) is 0. The van der Waals surface area contributed by atoms with Gasteiger partial charge < -0.3 is 4.42 Å². The van der Waals surface area contributed by atoms with Crippen molar-refractivity contribution in [1.82, 2.24) is 15.0 Å². The SMILES string of the molecule is [2H]c1c([2H])c([2H])c(-c2c([2H])c([2H])c([2H])c3c2oc2c([2H])c(-c4c([2H])c([2H])c(-c5nc(-c6ccccc6)nc(-c6ccc(-c7ccccc7)cc6)n5)c([2H])c4[2H])c([2H])c([2H])c23)c([2H])c1[2H]. The first kappa shape index (κ1) is 17.0. The summed E-state index contributed by atoms with van der Waals surface area (Å²) in [5, 5.41) is -0.670. The van der Waals surface area contributed by atoms with Gasteiger partial charge in [0.05, 0.1) is 20.6 Å². The first-order valence-electron chi connectivity index (χ1n) is 22.6. The molecule has 0 fully saturated rings. The first-order chi connectivity index (χ1) is 30.5. The third-order valence-electron chi connectivity index (χ3n) is 7.83. The molecule has 0 bridgehead atoms. The number of benzene rings is 7. The van der Waals surface area contributed by atoms with Gasteiger partial charge in [-0.2, -0.15) is 0 Å². The molecule has 0 N–H and O–H groups in total. The number of furan rings is 1. The van der Waals surface area contributed by atoms with E-state index in [0.717, 1.165) is 11.1 Å². The Morgan fingerprint density at radius 2 is 0.939 bits per heavy atom. The maximum Gasteiger partial charge on any atom is 0.164 e. The summed E-state index contributed by atoms with van der Waals surface area (Å²) in [6, 6.07) is 15.5. The summed E-state index contributed by atoms with van der Waals surface area (Å²) in [7, 11) is 0. The summed E-state index contributed by atoms with van der Waals surface area (Å²) in [5.74, 6) is 0.184. The summed E-state index contributed by atoms with van der Waals surface area (Å²) < 4.78 is 138. The summed E-state index contributed by atoms with van der Waals surface area (Å²) >= 11 is 0. The van der Waals surface area contributed by atoms with Crippen LogP contribution in [0.4, 0.5) is 0 Å². The lowest BCUT2D eigenvalue weighted by molar-refractivity contribution is 0.670. The van der Waals surface area contributed by atoms with Gasteiger partial charge in [-0.25, -0.2) is 15.0 Å². The highest BCUT2D eigenvalue weighted by Gasteiger charge is 2.15. The van der Waals surface area contributed by atoms with Gasteiger partial charge in [0, 0.05) is 33.0 Å². The Kier molecular flexibility index (Phi) is 4.21. The van der Waals surface area contributed by atoms with E-state index in [1.54, 1.807) is 24.3 Å². The highest BCUT2D eigenvalue weighted by Crippen LogP contribution is 2.37. The first-order valence-corrected chi connectivity index (χ1v) is 15.1. The average molecular weight is 643 g/mol. The number of nitrogens with zero attached hydrogens (tertiary/aromatic N) is 3. The van der Waals surface area contributed by atoms with Crippen molar-refractivity contribution < 1.29 is 25.0 Å². The molecule has 0 radical (unpaired) electrons. The highest BCUT2D eigenvalue weighted by atomic mass is 16.3. The standard InChI is InChI=1S/C45H29N3O/c1-4-11-30(12-5-1)31-19-23-35(24-20-31)44-46-43(34-15-8-3-9-16-34)47-45(48-44)36-25-21-32(22-26-36)37-27-28-39-40-18-10-17-38(33-13-6-2-7-14-33)42(40)49-41(39)29-37/h1-29H/i2D,6D,7D,10D,13D,14D,17D,18D,21D,22D,25D,26D,27D,28D,29D. The average Bonchev–Trinajstić information content (AvgIpc) is 3.72. The third kappa shape index (κ3) is 5.45. The van der Waals surface area contributed by atoms with E-state index in [1.807, 2.05) is 60.7 Å². The fourth-order valence-electron chi connectivity index (χ4n) is 5.42. The zero-order valence-corrected chi connectivity index (χ0v) is 25.3. The van der Waals surface area contributed by atoms with Crippen LogP contribution in [0, 0.1) is 0 Å². The molecule has 230 valence electrons. The number of aromatic nitrogens is 3. The van der Waals surface area contributed by atoms with Crippen LogP contribution >= 0.6 is 0 Å². The minimum Gasteiger partial charge on any atom is -0.455 e. The second-order valence-electron chi connectivity index (χ2n) is 10.9. The maximum absolute atomic E-state index is 9.32. The number of hydrogen-bond donors (Lipinski definition) is 0. The van der Waals surface area contributed by atoms with E-state index in [9.17, 15) is 6.85 Å². The van der Waals surface area contributed by atoms with Crippen molar-refractivity contribution in [3.05, 3.63) is 176 Å². The fraction of sp³-hybridized carbons (Fsp3) is 0. The fourth-order valence-corrected chi connectivity index (χ4v) is 5.42. The van der Waals surface area contributed by atoms with Crippen LogP contribution in [0.1, 0.15) is 20.6 Å². The van der Waals surface area contributed by atoms with Gasteiger partial charge in [-0.1, -0.05) is 163 Å². The molecule has 7 aromatic carbocycles. The Morgan fingerprint density at radius 3 is 1.63 bits per heavy atom. The topological polar surface area (TPSA) is 51.8 Å². The molecule has 0 aliphatic carbocycles. The van der Waals surface area contributed by atoms with Crippen LogP contribution in [0.2, 0.25) is 0 Å². The Labute approximate surface area is 305 Å². The number of fused-ring (bicyclic) bond motifs is 3. The molecule has 0 saturated carbocycles. The van der Waals surface area contributed by atoms with Gasteiger partial charge in [0.25, 0.3) is 0 Å². The Morgan fingerprint density at radius 1 is 0.388 bits per heavy atom. The molecule has 0 amide bonds. The van der Waals surface area contributed by atoms with E-state index in [2.05, 4.69) is 9.97 Å². The predicted octanol–water partition coefficient (Wildman–Crippen LogP) is 11.8. The molecule has 0 unspecified atom stereocenters. The van der Waals surface area contributed by atoms with Gasteiger partial charge in [-0.3, -0.25) is 0 Å². The van der Waals surface area contributed by atoms with Crippen molar-refractivity contribution >= 4 is 21.9 Å². The van der Waals surface area contributed by atoms with Crippen molar-refractivity contribution in [2.75, 3.05) is 0 Å². The molecular weight excluding hydrogens is 599 g/mol. The van der Waals surface area contributed by atoms with Gasteiger partial charge in [-0.15, -0.1) is 0 Å². The maximum atomic E-state index is 9.32. The lowest BCUT2D eigenvalue weighted by Crippen LogP contribution is -2.00. The zero-order valence-electron chi connectivity index (χ0n) is 40.3. The van der Waals surface area contributed by atoms with Crippen LogP contribution in [0.3, 0.4) is 0 Å². The molecule has 0 aliphatic rings. The molecule has 0 saturated heterocycles. The van der Waals surface area contributed by atoms with E-state index in [-0.39, 0.29) is 33.8 Å². The normalized spacial score (nSPS) is 15.6. The number of para-hydroxylation sites is 1. The molecule has 0 atom stereocenters. The van der Waals surface area contributed by atoms with E-state index in [0.29, 0.717) is 11.1 Å². The third-order valence-corrected chi connectivity index (χ3v) is 7.83. The molecule has 0 spiro atoms. The summed E-state index contributed by atoms with van der Waals surface area (Å²) in [4.78, 5) is 14.0. The van der Waals surface area contributed by atoms with E-state index < -0.39 is 124 Å². The second kappa shape index (κ2) is 12.2. The second-order valence-corrected chi connectivity index (χ2v) is 10.9. The number of hydrogen-bond acceptors (Lipinski definition) is 4. The minimum absolute atomic E-state index is 0.184. The van der Waals surface area contributed by atoms with Crippen LogP contribution in [0.15, 0.2) is 180 Å². The van der Waals surface area contributed by atoms with Crippen LogP contribution in [-0.4, -0.2) is 15.0 Å². The molecule has 2 heterocycles. The quantitative estimate of drug-likeness (QED) is 0.181. The molecular formula is C45H29N3O. The van der Waals surface area contributed by atoms with Crippen molar-refractivity contribution in [3.63, 3.8) is 0 Å². The lowest BCUT2D eigenvalue weighted by Gasteiger charge is -2.10. The number of rotatable bonds is 6. The van der Waals surface area contributed by atoms with Crippen molar-refractivity contribution in [1.29, 1.82) is 0 Å². The monoisotopic (exact) mass is 642 g/mol. The van der Waals surface area contributed by atoms with E-state index in [1.165, 1.54) is 0 Å². The van der Waals surface area contributed by atoms with Crippen LogP contribution < -0.4 is 0 Å². The Hall–Kier alpha value is -6.65. The molecule has 4 nitrogen and oxygen atoms in total. The molecule has 2 aromatic heterocycles. The lowest BCUT2D eigenvalue weighted by atomic mass is 10.0. The zero-order chi connectivity index (χ0) is 45.6.